The number of β-lactam (4-membered cyclic amide) rings is 1. The molecule has 2 rings (SSSR count). The summed E-state index contributed by atoms with van der Waals surface area (Å²) < 4.78 is 5.20. The van der Waals surface area contributed by atoms with Crippen molar-refractivity contribution in [3.63, 3.8) is 0 Å². The number of esters is 1. The minimum absolute atomic E-state index is 0.0852. The van der Waals surface area contributed by atoms with Crippen molar-refractivity contribution in [2.24, 2.45) is 0 Å². The van der Waals surface area contributed by atoms with E-state index in [2.05, 4.69) is 0 Å². The molecule has 0 radical (unpaired) electrons. The number of nitrogens with zero attached hydrogens (tertiary/aromatic N) is 1. The quantitative estimate of drug-likeness (QED) is 0.330. The lowest BCUT2D eigenvalue weighted by atomic mass is 10.2. The van der Waals surface area contributed by atoms with Crippen molar-refractivity contribution in [3.8, 4) is 0 Å². The highest BCUT2D eigenvalue weighted by molar-refractivity contribution is 14.1. The van der Waals surface area contributed by atoms with Crippen LogP contribution < -0.4 is 0 Å². The number of carbonyl (C=O) groups excluding carboxylic acids is 2. The van der Waals surface area contributed by atoms with Crippen LogP contribution in [0.3, 0.4) is 0 Å². The van der Waals surface area contributed by atoms with Crippen LogP contribution in [0.1, 0.15) is 6.42 Å². The Bertz CT molecular complexity index is 318. The lowest BCUT2D eigenvalue weighted by molar-refractivity contribution is -0.138. The van der Waals surface area contributed by atoms with Crippen LogP contribution >= 0.6 is 34.4 Å². The van der Waals surface area contributed by atoms with Gasteiger partial charge >= 0.3 is 5.97 Å². The molecular weight excluding hydrogens is 317 g/mol. The Balaban J connectivity index is 2.06. The van der Waals surface area contributed by atoms with E-state index < -0.39 is 0 Å². The number of halogens is 1. The molecule has 6 heteroatoms. The van der Waals surface area contributed by atoms with Gasteiger partial charge in [-0.25, -0.2) is 4.79 Å². The van der Waals surface area contributed by atoms with E-state index >= 15 is 0 Å². The number of hydrogen-bond acceptors (Lipinski definition) is 4. The van der Waals surface area contributed by atoms with Gasteiger partial charge in [-0.1, -0.05) is 0 Å². The zero-order chi connectivity index (χ0) is 10.1. The molecule has 0 spiro atoms. The SMILES string of the molecule is O=C(OCI)C1=CN2C(=O)C[C@@H]2SC1. The molecule has 4 nitrogen and oxygen atoms in total. The van der Waals surface area contributed by atoms with Gasteiger partial charge in [-0.15, -0.1) is 11.8 Å². The van der Waals surface area contributed by atoms with Crippen molar-refractivity contribution in [2.45, 2.75) is 11.8 Å². The smallest absolute Gasteiger partial charge is 0.337 e. The maximum absolute atomic E-state index is 11.3. The van der Waals surface area contributed by atoms with Crippen molar-refractivity contribution in [3.05, 3.63) is 11.8 Å². The summed E-state index contributed by atoms with van der Waals surface area (Å²) in [4.78, 5) is 24.0. The highest BCUT2D eigenvalue weighted by Gasteiger charge is 2.39. The van der Waals surface area contributed by atoms with Crippen molar-refractivity contribution >= 4 is 46.2 Å². The van der Waals surface area contributed by atoms with Crippen LogP contribution in [0.2, 0.25) is 0 Å². The molecule has 0 aromatic heterocycles. The van der Waals surface area contributed by atoms with Gasteiger partial charge < -0.3 is 9.64 Å². The zero-order valence-corrected chi connectivity index (χ0v) is 10.2. The molecule has 1 fully saturated rings. The van der Waals surface area contributed by atoms with Crippen LogP contribution in [-0.4, -0.2) is 32.5 Å². The molecule has 2 aliphatic heterocycles. The van der Waals surface area contributed by atoms with E-state index in [0.29, 0.717) is 22.4 Å². The number of fused-ring (bicyclic) bond motifs is 1. The number of hydrogen-bond donors (Lipinski definition) is 0. The maximum Gasteiger partial charge on any atom is 0.337 e. The van der Waals surface area contributed by atoms with E-state index in [4.69, 9.17) is 4.74 Å². The fraction of sp³-hybridized carbons (Fsp3) is 0.500. The fourth-order valence-corrected chi connectivity index (χ4v) is 2.79. The number of alkyl halides is 1. The van der Waals surface area contributed by atoms with E-state index in [9.17, 15) is 9.59 Å². The average Bonchev–Trinajstić information content (AvgIpc) is 2.17. The molecule has 1 amide bonds. The molecule has 2 heterocycles. The first kappa shape index (κ1) is 10.3. The molecule has 0 aromatic rings. The van der Waals surface area contributed by atoms with Gasteiger partial charge in [0.15, 0.2) is 0 Å². The first-order valence-corrected chi connectivity index (χ1v) is 6.66. The van der Waals surface area contributed by atoms with Crippen LogP contribution in [0.5, 0.6) is 0 Å². The summed E-state index contributed by atoms with van der Waals surface area (Å²) in [7, 11) is 0. The Hall–Kier alpha value is -0.240. The molecule has 1 saturated heterocycles. The van der Waals surface area contributed by atoms with Crippen molar-refractivity contribution in [1.29, 1.82) is 0 Å². The average molecular weight is 325 g/mol. The molecule has 1 atom stereocenters. The molecule has 0 N–H and O–H groups in total. The number of rotatable bonds is 2. The van der Waals surface area contributed by atoms with Crippen molar-refractivity contribution in [1.82, 2.24) is 4.90 Å². The van der Waals surface area contributed by atoms with Crippen LogP contribution in [0.25, 0.3) is 0 Å². The summed E-state index contributed by atoms with van der Waals surface area (Å²) >= 11 is 3.58. The molecule has 2 aliphatic rings. The molecule has 0 saturated carbocycles. The van der Waals surface area contributed by atoms with Crippen LogP contribution in [0.4, 0.5) is 0 Å². The standard InChI is InChI=1S/C8H8INO3S/c9-4-13-8(12)5-2-10-6(11)1-7(10)14-3-5/h2,7H,1,3-4H2/t7-/m0/s1. The van der Waals surface area contributed by atoms with Crippen LogP contribution in [0.15, 0.2) is 11.8 Å². The zero-order valence-electron chi connectivity index (χ0n) is 7.23. The largest absolute Gasteiger partial charge is 0.452 e. The molecule has 0 unspecified atom stereocenters. The Morgan fingerprint density at radius 2 is 2.57 bits per heavy atom. The third-order valence-electron chi connectivity index (χ3n) is 2.12. The third-order valence-corrected chi connectivity index (χ3v) is 3.69. The maximum atomic E-state index is 11.3. The lowest BCUT2D eigenvalue weighted by Crippen LogP contribution is -2.49. The van der Waals surface area contributed by atoms with Gasteiger partial charge in [0.1, 0.15) is 4.61 Å². The third kappa shape index (κ3) is 1.77. The fourth-order valence-electron chi connectivity index (χ4n) is 1.34. The second-order valence-electron chi connectivity index (χ2n) is 2.97. The summed E-state index contributed by atoms with van der Waals surface area (Å²) in [6.45, 7) is 0. The van der Waals surface area contributed by atoms with E-state index in [1.165, 1.54) is 0 Å². The molecule has 0 aromatic carbocycles. The molecule has 76 valence electrons. The topological polar surface area (TPSA) is 46.6 Å². The molecule has 0 aliphatic carbocycles. The second-order valence-corrected chi connectivity index (χ2v) is 4.76. The van der Waals surface area contributed by atoms with E-state index in [1.807, 2.05) is 22.6 Å². The minimum Gasteiger partial charge on any atom is -0.452 e. The van der Waals surface area contributed by atoms with E-state index in [1.54, 1.807) is 22.9 Å². The van der Waals surface area contributed by atoms with Gasteiger partial charge in [-0.05, 0) is 22.6 Å². The highest BCUT2D eigenvalue weighted by Crippen LogP contribution is 2.35. The predicted octanol–water partition coefficient (Wildman–Crippen LogP) is 1.11. The first-order chi connectivity index (χ1) is 6.72. The van der Waals surface area contributed by atoms with Crippen molar-refractivity contribution in [2.75, 3.05) is 10.4 Å². The summed E-state index contributed by atoms with van der Waals surface area (Å²) in [5.41, 5.74) is 0.580. The Morgan fingerprint density at radius 1 is 1.79 bits per heavy atom. The normalized spacial score (nSPS) is 24.9. The Kier molecular flexibility index (Phi) is 3.01. The van der Waals surface area contributed by atoms with Crippen molar-refractivity contribution < 1.29 is 14.3 Å². The number of thioether (sulfide) groups is 1. The summed E-state index contributed by atoms with van der Waals surface area (Å²) in [5, 5.41) is 0.249. The molecule has 0 bridgehead atoms. The minimum atomic E-state index is -0.315. The molecule has 14 heavy (non-hydrogen) atoms. The van der Waals surface area contributed by atoms with E-state index in [0.717, 1.165) is 0 Å². The summed E-state index contributed by atoms with van der Waals surface area (Å²) in [6.07, 6.45) is 2.22. The predicted molar refractivity (Wildman–Crippen MR) is 60.8 cm³/mol. The number of amides is 1. The monoisotopic (exact) mass is 325 g/mol. The van der Waals surface area contributed by atoms with Crippen LogP contribution in [0, 0.1) is 0 Å². The Morgan fingerprint density at radius 3 is 3.21 bits per heavy atom. The number of carbonyl (C=O) groups is 2. The van der Waals surface area contributed by atoms with Gasteiger partial charge in [-0.3, -0.25) is 4.79 Å². The van der Waals surface area contributed by atoms with Gasteiger partial charge in [0.25, 0.3) is 0 Å². The summed E-state index contributed by atoms with van der Waals surface area (Å²) in [6, 6.07) is 0. The van der Waals surface area contributed by atoms with Gasteiger partial charge in [-0.2, -0.15) is 0 Å². The highest BCUT2D eigenvalue weighted by atomic mass is 127. The van der Waals surface area contributed by atoms with Crippen LogP contribution in [-0.2, 0) is 14.3 Å². The lowest BCUT2D eigenvalue weighted by Gasteiger charge is -2.40. The second kappa shape index (κ2) is 4.09. The summed E-state index contributed by atoms with van der Waals surface area (Å²) in [5.74, 6) is 0.413. The first-order valence-electron chi connectivity index (χ1n) is 4.09. The van der Waals surface area contributed by atoms with Gasteiger partial charge in [0.2, 0.25) is 5.91 Å². The molecular formula is C8H8INO3S. The van der Waals surface area contributed by atoms with E-state index in [-0.39, 0.29) is 17.3 Å². The Labute approximate surface area is 99.2 Å². The van der Waals surface area contributed by atoms with Gasteiger partial charge in [0.05, 0.1) is 17.4 Å². The number of ether oxygens (including phenoxy) is 1. The van der Waals surface area contributed by atoms with Gasteiger partial charge in [0, 0.05) is 12.0 Å².